The van der Waals surface area contributed by atoms with Crippen LogP contribution in [0.3, 0.4) is 0 Å². The van der Waals surface area contributed by atoms with E-state index in [1.807, 2.05) is 23.6 Å². The number of nitro benzene ring substituents is 1. The van der Waals surface area contributed by atoms with Gasteiger partial charge in [0.15, 0.2) is 0 Å². The fraction of sp³-hybridized carbons (Fsp3) is 0.231. The van der Waals surface area contributed by atoms with Gasteiger partial charge in [-0.1, -0.05) is 18.2 Å². The van der Waals surface area contributed by atoms with Crippen molar-refractivity contribution in [3.63, 3.8) is 0 Å². The summed E-state index contributed by atoms with van der Waals surface area (Å²) in [7, 11) is 1.67. The molecule has 1 aromatic heterocycles. The van der Waals surface area contributed by atoms with Gasteiger partial charge in [-0.15, -0.1) is 11.3 Å². The molecule has 0 saturated heterocycles. The highest BCUT2D eigenvalue weighted by Crippen LogP contribution is 2.28. The summed E-state index contributed by atoms with van der Waals surface area (Å²) in [6.07, 6.45) is 0. The van der Waals surface area contributed by atoms with E-state index in [1.54, 1.807) is 24.5 Å². The first-order chi connectivity index (χ1) is 9.22. The van der Waals surface area contributed by atoms with Crippen molar-refractivity contribution >= 4 is 22.7 Å². The number of benzene rings is 1. The molecule has 0 atom stereocenters. The molecule has 0 aliphatic heterocycles. The monoisotopic (exact) mass is 278 g/mol. The van der Waals surface area contributed by atoms with Gasteiger partial charge in [-0.25, -0.2) is 0 Å². The van der Waals surface area contributed by atoms with Gasteiger partial charge in [0.2, 0.25) is 0 Å². The maximum atomic E-state index is 10.9. The minimum absolute atomic E-state index is 0.0692. The van der Waals surface area contributed by atoms with Crippen LogP contribution in [0.15, 0.2) is 35.7 Å². The van der Waals surface area contributed by atoms with Crippen LogP contribution in [0.4, 0.5) is 11.4 Å². The number of nitro groups is 1. The van der Waals surface area contributed by atoms with Gasteiger partial charge >= 0.3 is 0 Å². The molecule has 0 aliphatic rings. The summed E-state index contributed by atoms with van der Waals surface area (Å²) in [5, 5.41) is 15.8. The van der Waals surface area contributed by atoms with Crippen LogP contribution in [0, 0.1) is 10.1 Å². The summed E-state index contributed by atoms with van der Waals surface area (Å²) in [4.78, 5) is 11.7. The molecule has 0 fully saturated rings. The van der Waals surface area contributed by atoms with E-state index in [0.717, 1.165) is 10.4 Å². The average Bonchev–Trinajstić information content (AvgIpc) is 2.91. The van der Waals surface area contributed by atoms with E-state index < -0.39 is 4.92 Å². The van der Waals surface area contributed by atoms with Crippen molar-refractivity contribution < 1.29 is 9.66 Å². The van der Waals surface area contributed by atoms with Gasteiger partial charge < -0.3 is 10.1 Å². The standard InChI is InChI=1S/C13H14N2O3S/c1-14-13-10(4-2-6-12(13)15(16)17)8-18-9-11-5-3-7-19-11/h2-7,14H,8-9H2,1H3. The Bertz CT molecular complexity index is 555. The summed E-state index contributed by atoms with van der Waals surface area (Å²) in [6.45, 7) is 0.860. The van der Waals surface area contributed by atoms with E-state index in [4.69, 9.17) is 4.74 Å². The Balaban J connectivity index is 2.07. The van der Waals surface area contributed by atoms with Crippen molar-refractivity contribution in [3.05, 3.63) is 56.3 Å². The van der Waals surface area contributed by atoms with Crippen LogP contribution in [0.5, 0.6) is 0 Å². The number of ether oxygens (including phenoxy) is 1. The smallest absolute Gasteiger partial charge is 0.292 e. The first-order valence-corrected chi connectivity index (χ1v) is 6.64. The van der Waals surface area contributed by atoms with Gasteiger partial charge in [0.1, 0.15) is 5.69 Å². The number of anilines is 1. The summed E-state index contributed by atoms with van der Waals surface area (Å²) < 4.78 is 5.59. The third kappa shape index (κ3) is 3.30. The second-order valence-electron chi connectivity index (χ2n) is 3.89. The van der Waals surface area contributed by atoms with Gasteiger partial charge in [-0.05, 0) is 11.4 Å². The lowest BCUT2D eigenvalue weighted by molar-refractivity contribution is -0.384. The molecule has 0 radical (unpaired) electrons. The molecule has 2 aromatic rings. The zero-order valence-electron chi connectivity index (χ0n) is 10.5. The first kappa shape index (κ1) is 13.5. The zero-order chi connectivity index (χ0) is 13.7. The largest absolute Gasteiger partial charge is 0.382 e. The molecule has 0 bridgehead atoms. The topological polar surface area (TPSA) is 64.4 Å². The SMILES string of the molecule is CNc1c(COCc2cccs2)cccc1[N+](=O)[O-]. The molecule has 0 saturated carbocycles. The molecule has 0 unspecified atom stereocenters. The van der Waals surface area contributed by atoms with Crippen molar-refractivity contribution in [2.45, 2.75) is 13.2 Å². The molecular formula is C13H14N2O3S. The van der Waals surface area contributed by atoms with Crippen LogP contribution in [0.2, 0.25) is 0 Å². The number of nitrogens with zero attached hydrogens (tertiary/aromatic N) is 1. The molecule has 1 heterocycles. The Morgan fingerprint density at radius 2 is 2.16 bits per heavy atom. The molecule has 100 valence electrons. The van der Waals surface area contributed by atoms with Crippen LogP contribution < -0.4 is 5.32 Å². The predicted molar refractivity (Wildman–Crippen MR) is 75.5 cm³/mol. The minimum atomic E-state index is -0.394. The second kappa shape index (κ2) is 6.31. The number of para-hydroxylation sites is 1. The van der Waals surface area contributed by atoms with Gasteiger partial charge in [-0.3, -0.25) is 10.1 Å². The molecule has 0 amide bonds. The third-order valence-electron chi connectivity index (χ3n) is 2.66. The van der Waals surface area contributed by atoms with E-state index >= 15 is 0 Å². The van der Waals surface area contributed by atoms with Gasteiger partial charge in [0, 0.05) is 23.6 Å². The number of thiophene rings is 1. The van der Waals surface area contributed by atoms with Crippen LogP contribution in [-0.2, 0) is 18.0 Å². The maximum Gasteiger partial charge on any atom is 0.292 e. The molecule has 5 nitrogen and oxygen atoms in total. The van der Waals surface area contributed by atoms with Crippen molar-refractivity contribution in [1.82, 2.24) is 0 Å². The van der Waals surface area contributed by atoms with Crippen molar-refractivity contribution in [1.29, 1.82) is 0 Å². The summed E-state index contributed by atoms with van der Waals surface area (Å²) in [5.74, 6) is 0. The Kier molecular flexibility index (Phi) is 4.48. The van der Waals surface area contributed by atoms with Crippen LogP contribution >= 0.6 is 11.3 Å². The summed E-state index contributed by atoms with van der Waals surface area (Å²) >= 11 is 1.63. The average molecular weight is 278 g/mol. The van der Waals surface area contributed by atoms with Gasteiger partial charge in [0.25, 0.3) is 5.69 Å². The molecule has 0 spiro atoms. The lowest BCUT2D eigenvalue weighted by Crippen LogP contribution is -2.02. The number of rotatable bonds is 6. The van der Waals surface area contributed by atoms with E-state index in [1.165, 1.54) is 6.07 Å². The Morgan fingerprint density at radius 3 is 2.79 bits per heavy atom. The molecule has 1 N–H and O–H groups in total. The lowest BCUT2D eigenvalue weighted by atomic mass is 10.1. The molecule has 19 heavy (non-hydrogen) atoms. The number of hydrogen-bond acceptors (Lipinski definition) is 5. The molecule has 6 heteroatoms. The fourth-order valence-electron chi connectivity index (χ4n) is 1.80. The number of hydrogen-bond donors (Lipinski definition) is 1. The molecule has 2 rings (SSSR count). The quantitative estimate of drug-likeness (QED) is 0.649. The Hall–Kier alpha value is -1.92. The normalized spacial score (nSPS) is 10.4. The van der Waals surface area contributed by atoms with E-state index in [2.05, 4.69) is 5.32 Å². The van der Waals surface area contributed by atoms with Crippen molar-refractivity contribution in [3.8, 4) is 0 Å². The molecular weight excluding hydrogens is 264 g/mol. The lowest BCUT2D eigenvalue weighted by Gasteiger charge is -2.09. The van der Waals surface area contributed by atoms with Crippen LogP contribution in [0.25, 0.3) is 0 Å². The predicted octanol–water partition coefficient (Wildman–Crippen LogP) is 3.41. The second-order valence-corrected chi connectivity index (χ2v) is 4.92. The Labute approximate surface area is 115 Å². The fourth-order valence-corrected chi connectivity index (χ4v) is 2.44. The van der Waals surface area contributed by atoms with Gasteiger partial charge in [0.05, 0.1) is 18.1 Å². The Morgan fingerprint density at radius 1 is 1.32 bits per heavy atom. The molecule has 0 aliphatic carbocycles. The minimum Gasteiger partial charge on any atom is -0.382 e. The van der Waals surface area contributed by atoms with Crippen molar-refractivity contribution in [2.75, 3.05) is 12.4 Å². The van der Waals surface area contributed by atoms with Gasteiger partial charge in [-0.2, -0.15) is 0 Å². The van der Waals surface area contributed by atoms with Crippen molar-refractivity contribution in [2.24, 2.45) is 0 Å². The van der Waals surface area contributed by atoms with E-state index in [9.17, 15) is 10.1 Å². The first-order valence-electron chi connectivity index (χ1n) is 5.76. The van der Waals surface area contributed by atoms with Crippen LogP contribution in [-0.4, -0.2) is 12.0 Å². The third-order valence-corrected chi connectivity index (χ3v) is 3.51. The highest BCUT2D eigenvalue weighted by molar-refractivity contribution is 7.09. The van der Waals surface area contributed by atoms with Crippen LogP contribution in [0.1, 0.15) is 10.4 Å². The highest BCUT2D eigenvalue weighted by atomic mass is 32.1. The highest BCUT2D eigenvalue weighted by Gasteiger charge is 2.15. The molecule has 1 aromatic carbocycles. The van der Waals surface area contributed by atoms with E-state index in [-0.39, 0.29) is 5.69 Å². The summed E-state index contributed by atoms with van der Waals surface area (Å²) in [6, 6.07) is 8.94. The maximum absolute atomic E-state index is 10.9. The zero-order valence-corrected chi connectivity index (χ0v) is 11.3. The van der Waals surface area contributed by atoms with E-state index in [0.29, 0.717) is 18.9 Å². The number of nitrogens with one attached hydrogen (secondary N) is 1. The summed E-state index contributed by atoms with van der Waals surface area (Å²) in [5.41, 5.74) is 1.37.